The first-order valence-electron chi connectivity index (χ1n) is 10.2. The van der Waals surface area contributed by atoms with E-state index >= 15 is 0 Å². The number of thioether (sulfide) groups is 1. The molecule has 1 aliphatic rings. The molecule has 3 rings (SSSR count). The molecule has 2 amide bonds. The van der Waals surface area contributed by atoms with E-state index in [0.717, 1.165) is 18.4 Å². The number of hydrogen-bond acceptors (Lipinski definition) is 6. The Kier molecular flexibility index (Phi) is 8.10. The molecule has 1 aromatic carbocycles. The van der Waals surface area contributed by atoms with Crippen LogP contribution in [0.4, 0.5) is 4.79 Å². The van der Waals surface area contributed by atoms with Crippen LogP contribution >= 0.6 is 11.8 Å². The van der Waals surface area contributed by atoms with Crippen LogP contribution in [0, 0.1) is 0 Å². The van der Waals surface area contributed by atoms with Crippen molar-refractivity contribution >= 4 is 23.6 Å². The molecule has 1 aromatic heterocycles. The molecular formula is C21H28N4O3S. The van der Waals surface area contributed by atoms with Crippen molar-refractivity contribution in [2.45, 2.75) is 56.2 Å². The minimum absolute atomic E-state index is 0.0418. The number of nitrogens with one attached hydrogen (secondary N) is 1. The Morgan fingerprint density at radius 3 is 2.69 bits per heavy atom. The Balaban J connectivity index is 1.37. The highest BCUT2D eigenvalue weighted by molar-refractivity contribution is 7.99. The lowest BCUT2D eigenvalue weighted by molar-refractivity contribution is 0.0944. The molecule has 0 saturated heterocycles. The van der Waals surface area contributed by atoms with Gasteiger partial charge in [0.15, 0.2) is 0 Å². The van der Waals surface area contributed by atoms with Crippen molar-refractivity contribution in [2.75, 3.05) is 19.3 Å². The number of ketones is 1. The maximum absolute atomic E-state index is 12.2. The number of hydrogen-bond donors (Lipinski definition) is 1. The van der Waals surface area contributed by atoms with E-state index in [9.17, 15) is 9.59 Å². The number of aromatic nitrogens is 2. The molecule has 1 N–H and O–H groups in total. The molecule has 1 aliphatic carbocycles. The lowest BCUT2D eigenvalue weighted by Gasteiger charge is -2.26. The zero-order valence-electron chi connectivity index (χ0n) is 16.8. The summed E-state index contributed by atoms with van der Waals surface area (Å²) in [5, 5.41) is 11.2. The first-order chi connectivity index (χ1) is 14.1. The van der Waals surface area contributed by atoms with E-state index in [0.29, 0.717) is 36.4 Å². The second-order valence-corrected chi connectivity index (χ2v) is 8.38. The summed E-state index contributed by atoms with van der Waals surface area (Å²) in [6.45, 7) is 0.558. The maximum Gasteiger partial charge on any atom is 0.317 e. The zero-order valence-corrected chi connectivity index (χ0v) is 17.6. The van der Waals surface area contributed by atoms with Gasteiger partial charge in [-0.05, 0) is 24.8 Å². The van der Waals surface area contributed by atoms with Crippen molar-refractivity contribution in [3.05, 3.63) is 41.8 Å². The van der Waals surface area contributed by atoms with Gasteiger partial charge in [-0.3, -0.25) is 4.79 Å². The molecule has 1 fully saturated rings. The third kappa shape index (κ3) is 6.88. The van der Waals surface area contributed by atoms with Crippen LogP contribution in [0.1, 0.15) is 54.8 Å². The van der Waals surface area contributed by atoms with Crippen molar-refractivity contribution in [2.24, 2.45) is 0 Å². The Bertz CT molecular complexity index is 790. The molecule has 0 bridgehead atoms. The summed E-state index contributed by atoms with van der Waals surface area (Å²) in [5.41, 5.74) is 1.10. The Labute approximate surface area is 175 Å². The Hall–Kier alpha value is -2.35. The van der Waals surface area contributed by atoms with Crippen LogP contribution in [-0.2, 0) is 6.42 Å². The monoisotopic (exact) mass is 416 g/mol. The minimum atomic E-state index is -0.155. The molecule has 7 nitrogen and oxygen atoms in total. The minimum Gasteiger partial charge on any atom is -0.408 e. The van der Waals surface area contributed by atoms with E-state index in [4.69, 9.17) is 4.42 Å². The lowest BCUT2D eigenvalue weighted by atomic mass is 9.96. The van der Waals surface area contributed by atoms with Gasteiger partial charge >= 0.3 is 6.03 Å². The molecule has 0 aliphatic heterocycles. The number of Topliss-reactive ketones (excluding diaryl/α,β-unsaturated/α-hetero) is 1. The van der Waals surface area contributed by atoms with Crippen LogP contribution in [0.5, 0.6) is 0 Å². The van der Waals surface area contributed by atoms with Crippen molar-refractivity contribution in [1.29, 1.82) is 0 Å². The first kappa shape index (κ1) is 21.4. The van der Waals surface area contributed by atoms with Gasteiger partial charge in [-0.1, -0.05) is 61.4 Å². The van der Waals surface area contributed by atoms with Gasteiger partial charge in [-0.2, -0.15) is 0 Å². The third-order valence-corrected chi connectivity index (χ3v) is 5.86. The normalized spacial score (nSPS) is 14.5. The second kappa shape index (κ2) is 11.0. The van der Waals surface area contributed by atoms with E-state index in [1.165, 1.54) is 31.0 Å². The summed E-state index contributed by atoms with van der Waals surface area (Å²) in [5.74, 6) is 0.512. The van der Waals surface area contributed by atoms with E-state index in [1.807, 2.05) is 30.3 Å². The number of amides is 2. The summed E-state index contributed by atoms with van der Waals surface area (Å²) in [4.78, 5) is 26.1. The van der Waals surface area contributed by atoms with E-state index in [1.54, 1.807) is 11.9 Å². The van der Waals surface area contributed by atoms with E-state index in [-0.39, 0.29) is 17.7 Å². The van der Waals surface area contributed by atoms with Crippen molar-refractivity contribution in [3.63, 3.8) is 0 Å². The van der Waals surface area contributed by atoms with Crippen LogP contribution in [0.3, 0.4) is 0 Å². The Morgan fingerprint density at radius 1 is 1.17 bits per heavy atom. The van der Waals surface area contributed by atoms with Gasteiger partial charge < -0.3 is 14.6 Å². The molecule has 29 heavy (non-hydrogen) atoms. The number of nitrogens with zero attached hydrogens (tertiary/aromatic N) is 3. The van der Waals surface area contributed by atoms with Gasteiger partial charge in [-0.25, -0.2) is 4.79 Å². The zero-order chi connectivity index (χ0) is 20.5. The standard InChI is InChI=1S/C21H28N4O3S/c1-25(20(27)22-17-10-6-3-7-11-17)14-15-29-21-24-23-19(28-21)18(26)13-12-16-8-4-2-5-9-16/h2,4-5,8-9,17H,3,6-7,10-15H2,1H3,(H,22,27). The fraction of sp³-hybridized carbons (Fsp3) is 0.524. The fourth-order valence-electron chi connectivity index (χ4n) is 3.29. The van der Waals surface area contributed by atoms with Crippen LogP contribution in [0.25, 0.3) is 0 Å². The Morgan fingerprint density at radius 2 is 1.93 bits per heavy atom. The smallest absolute Gasteiger partial charge is 0.317 e. The van der Waals surface area contributed by atoms with Gasteiger partial charge in [-0.15, -0.1) is 10.2 Å². The highest BCUT2D eigenvalue weighted by atomic mass is 32.2. The average Bonchev–Trinajstić information content (AvgIpc) is 3.22. The predicted octanol–water partition coefficient (Wildman–Crippen LogP) is 3.95. The molecule has 0 atom stereocenters. The van der Waals surface area contributed by atoms with Crippen LogP contribution < -0.4 is 5.32 Å². The van der Waals surface area contributed by atoms with Crippen molar-refractivity contribution in [1.82, 2.24) is 20.4 Å². The number of rotatable bonds is 9. The summed E-state index contributed by atoms with van der Waals surface area (Å²) in [7, 11) is 1.78. The van der Waals surface area contributed by atoms with Crippen molar-refractivity contribution < 1.29 is 14.0 Å². The van der Waals surface area contributed by atoms with E-state index < -0.39 is 0 Å². The fourth-order valence-corrected chi connectivity index (χ4v) is 4.07. The molecule has 156 valence electrons. The number of urea groups is 1. The average molecular weight is 417 g/mol. The molecule has 1 heterocycles. The molecule has 2 aromatic rings. The van der Waals surface area contributed by atoms with Crippen LogP contribution in [0.15, 0.2) is 40.0 Å². The van der Waals surface area contributed by atoms with Gasteiger partial charge in [0.1, 0.15) is 0 Å². The van der Waals surface area contributed by atoms with Gasteiger partial charge in [0.25, 0.3) is 11.1 Å². The van der Waals surface area contributed by atoms with Gasteiger partial charge in [0.2, 0.25) is 5.78 Å². The number of aryl methyl sites for hydroxylation is 1. The largest absolute Gasteiger partial charge is 0.408 e. The highest BCUT2D eigenvalue weighted by Crippen LogP contribution is 2.19. The number of carbonyl (C=O) groups is 2. The first-order valence-corrected chi connectivity index (χ1v) is 11.2. The SMILES string of the molecule is CN(CCSc1nnc(C(=O)CCc2ccccc2)o1)C(=O)NC1CCCCC1. The summed E-state index contributed by atoms with van der Waals surface area (Å²) >= 11 is 1.35. The van der Waals surface area contributed by atoms with E-state index in [2.05, 4.69) is 15.5 Å². The van der Waals surface area contributed by atoms with Crippen molar-refractivity contribution in [3.8, 4) is 0 Å². The van der Waals surface area contributed by atoms with Crippen LogP contribution in [0.2, 0.25) is 0 Å². The topological polar surface area (TPSA) is 88.3 Å². The molecule has 0 unspecified atom stereocenters. The quantitative estimate of drug-likeness (QED) is 0.492. The summed E-state index contributed by atoms with van der Waals surface area (Å²) in [6.07, 6.45) is 6.75. The highest BCUT2D eigenvalue weighted by Gasteiger charge is 2.18. The van der Waals surface area contributed by atoms with Crippen LogP contribution in [-0.4, -0.2) is 52.3 Å². The molecule has 8 heteroatoms. The number of carbonyl (C=O) groups excluding carboxylic acids is 2. The lowest BCUT2D eigenvalue weighted by Crippen LogP contribution is -2.44. The predicted molar refractivity (Wildman–Crippen MR) is 112 cm³/mol. The summed E-state index contributed by atoms with van der Waals surface area (Å²) in [6, 6.07) is 10.1. The molecule has 0 radical (unpaired) electrons. The summed E-state index contributed by atoms with van der Waals surface area (Å²) < 4.78 is 5.47. The second-order valence-electron chi connectivity index (χ2n) is 7.34. The van der Waals surface area contributed by atoms with Gasteiger partial charge in [0, 0.05) is 31.8 Å². The maximum atomic E-state index is 12.2. The molecular weight excluding hydrogens is 388 g/mol. The molecule has 1 saturated carbocycles. The number of benzene rings is 1. The van der Waals surface area contributed by atoms with Gasteiger partial charge in [0.05, 0.1) is 0 Å². The molecule has 0 spiro atoms. The third-order valence-electron chi connectivity index (χ3n) is 5.06.